The summed E-state index contributed by atoms with van der Waals surface area (Å²) in [5.74, 6) is 1.06. The fourth-order valence-corrected chi connectivity index (χ4v) is 10.5. The van der Waals surface area contributed by atoms with E-state index in [1.54, 1.807) is 0 Å². The van der Waals surface area contributed by atoms with Crippen LogP contribution in [-0.2, 0) is 23.8 Å². The van der Waals surface area contributed by atoms with Gasteiger partial charge >= 0.3 is 5.97 Å². The summed E-state index contributed by atoms with van der Waals surface area (Å²) in [7, 11) is 0. The van der Waals surface area contributed by atoms with Gasteiger partial charge in [-0.3, -0.25) is 9.59 Å². The van der Waals surface area contributed by atoms with Crippen molar-refractivity contribution in [1.29, 1.82) is 0 Å². The van der Waals surface area contributed by atoms with Gasteiger partial charge in [-0.15, -0.1) is 0 Å². The molecule has 6 heteroatoms. The van der Waals surface area contributed by atoms with Crippen LogP contribution in [0, 0.1) is 34.5 Å². The van der Waals surface area contributed by atoms with Crippen molar-refractivity contribution in [3.63, 3.8) is 0 Å². The first-order valence-corrected chi connectivity index (χ1v) is 16.7. The third-order valence-corrected chi connectivity index (χ3v) is 12.3. The van der Waals surface area contributed by atoms with E-state index in [4.69, 9.17) is 14.2 Å². The van der Waals surface area contributed by atoms with Crippen LogP contribution in [0.5, 0.6) is 0 Å². The highest BCUT2D eigenvalue weighted by Gasteiger charge is 2.64. The van der Waals surface area contributed by atoms with Crippen LogP contribution in [0.25, 0.3) is 0 Å². The molecule has 6 nitrogen and oxygen atoms in total. The van der Waals surface area contributed by atoms with E-state index in [1.807, 2.05) is 6.92 Å². The molecular weight excluding hydrogens is 516 g/mol. The van der Waals surface area contributed by atoms with E-state index < -0.39 is 5.79 Å². The van der Waals surface area contributed by atoms with Gasteiger partial charge in [-0.2, -0.15) is 0 Å². The largest absolute Gasteiger partial charge is 0.462 e. The van der Waals surface area contributed by atoms with Crippen molar-refractivity contribution in [2.45, 2.75) is 135 Å². The Balaban J connectivity index is 0.000000156. The van der Waals surface area contributed by atoms with Gasteiger partial charge in [-0.05, 0) is 88.4 Å². The second kappa shape index (κ2) is 11.5. The summed E-state index contributed by atoms with van der Waals surface area (Å²) in [6.45, 7) is 7.58. The van der Waals surface area contributed by atoms with E-state index in [9.17, 15) is 14.7 Å². The Hall–Kier alpha value is -1.50. The predicted octanol–water partition coefficient (Wildman–Crippen LogP) is 6.84. The van der Waals surface area contributed by atoms with Crippen molar-refractivity contribution in [2.24, 2.45) is 34.5 Å². The minimum Gasteiger partial charge on any atom is -0.462 e. The first-order valence-electron chi connectivity index (χ1n) is 16.7. The quantitative estimate of drug-likeness (QED) is 0.290. The Kier molecular flexibility index (Phi) is 8.32. The zero-order chi connectivity index (χ0) is 28.8. The summed E-state index contributed by atoms with van der Waals surface area (Å²) in [4.78, 5) is 24.2. The molecule has 8 atom stereocenters. The molecule has 0 radical (unpaired) electrons. The van der Waals surface area contributed by atoms with E-state index in [0.717, 1.165) is 57.8 Å². The molecule has 0 aromatic heterocycles. The minimum absolute atomic E-state index is 0.0264. The van der Waals surface area contributed by atoms with Gasteiger partial charge in [0, 0.05) is 43.4 Å². The number of ether oxygens (including phenoxy) is 3. The Morgan fingerprint density at radius 3 is 2.32 bits per heavy atom. The second-order valence-electron chi connectivity index (χ2n) is 14.6. The molecule has 6 unspecified atom stereocenters. The highest BCUT2D eigenvalue weighted by Crippen LogP contribution is 2.64. The minimum atomic E-state index is -0.416. The standard InChI is InChI=1S/C20H30O4.C15H22O2/c1-3-17(21)24-16-13-14(2)6-8-19-7-4-5-15(16)18(19)20(10-9-19)22-11-12-23-20;1-10-4-7-15-6-2-3-11(13(17)9-10)14(15)12(16)5-8-15/h6,15-16,18H,3-5,7-13H2,1-2H3;4,11,13-14,17H,2-3,5-9H2,1H3/b14-6-;10-4-/t15?,16-,18?,19?;11?,13-,14?,15?/m00/s1. The molecule has 41 heavy (non-hydrogen) atoms. The summed E-state index contributed by atoms with van der Waals surface area (Å²) in [5.41, 5.74) is 3.15. The summed E-state index contributed by atoms with van der Waals surface area (Å²) in [6, 6.07) is 0. The van der Waals surface area contributed by atoms with Crippen LogP contribution in [0.1, 0.15) is 117 Å². The van der Waals surface area contributed by atoms with Crippen molar-refractivity contribution in [2.75, 3.05) is 13.2 Å². The van der Waals surface area contributed by atoms with Crippen molar-refractivity contribution < 1.29 is 28.9 Å². The van der Waals surface area contributed by atoms with Gasteiger partial charge in [-0.1, -0.05) is 43.1 Å². The highest BCUT2D eigenvalue weighted by molar-refractivity contribution is 5.85. The third-order valence-electron chi connectivity index (χ3n) is 12.3. The van der Waals surface area contributed by atoms with Gasteiger partial charge in [0.1, 0.15) is 11.9 Å². The zero-order valence-corrected chi connectivity index (χ0v) is 25.6. The van der Waals surface area contributed by atoms with Crippen molar-refractivity contribution in [1.82, 2.24) is 0 Å². The number of esters is 1. The number of aliphatic hydroxyl groups is 1. The van der Waals surface area contributed by atoms with Crippen molar-refractivity contribution in [3.05, 3.63) is 23.3 Å². The molecule has 0 aromatic rings. The normalized spacial score (nSPS) is 45.3. The summed E-state index contributed by atoms with van der Waals surface area (Å²) in [5, 5.41) is 10.4. The number of hydrogen-bond acceptors (Lipinski definition) is 6. The van der Waals surface area contributed by atoms with Gasteiger partial charge in [0.25, 0.3) is 0 Å². The molecule has 1 aliphatic heterocycles. The van der Waals surface area contributed by atoms with Crippen molar-refractivity contribution >= 4 is 11.8 Å². The fourth-order valence-electron chi connectivity index (χ4n) is 10.5. The lowest BCUT2D eigenvalue weighted by Crippen LogP contribution is -2.52. The van der Waals surface area contributed by atoms with E-state index >= 15 is 0 Å². The van der Waals surface area contributed by atoms with Gasteiger partial charge in [0.2, 0.25) is 0 Å². The number of hydrogen-bond donors (Lipinski definition) is 1. The van der Waals surface area contributed by atoms with Crippen LogP contribution >= 0.6 is 0 Å². The molecule has 7 rings (SSSR count). The first kappa shape index (κ1) is 29.6. The molecule has 0 aromatic carbocycles. The third kappa shape index (κ3) is 5.29. The van der Waals surface area contributed by atoms with Crippen LogP contribution in [0.15, 0.2) is 23.3 Å². The van der Waals surface area contributed by atoms with Crippen LogP contribution < -0.4 is 0 Å². The molecule has 228 valence electrons. The zero-order valence-electron chi connectivity index (χ0n) is 25.6. The Bertz CT molecular complexity index is 1070. The van der Waals surface area contributed by atoms with Gasteiger partial charge in [0.05, 0.1) is 19.3 Å². The van der Waals surface area contributed by atoms with Crippen LogP contribution in [0.2, 0.25) is 0 Å². The lowest BCUT2D eigenvalue weighted by Gasteiger charge is -2.51. The molecule has 4 saturated carbocycles. The average Bonchev–Trinajstić information content (AvgIpc) is 3.67. The average molecular weight is 569 g/mol. The fraction of sp³-hybridized carbons (Fsp3) is 0.829. The number of ketones is 1. The summed E-state index contributed by atoms with van der Waals surface area (Å²) >= 11 is 0. The Morgan fingerprint density at radius 2 is 1.59 bits per heavy atom. The Labute approximate surface area is 246 Å². The van der Waals surface area contributed by atoms with Gasteiger partial charge < -0.3 is 19.3 Å². The smallest absolute Gasteiger partial charge is 0.305 e. The lowest BCUT2D eigenvalue weighted by molar-refractivity contribution is -0.227. The molecule has 1 heterocycles. The maximum absolute atomic E-state index is 12.2. The molecule has 0 amide bonds. The molecule has 7 aliphatic rings. The second-order valence-corrected chi connectivity index (χ2v) is 14.6. The monoisotopic (exact) mass is 568 g/mol. The summed E-state index contributed by atoms with van der Waals surface area (Å²) in [6.07, 6.45) is 19.6. The maximum Gasteiger partial charge on any atom is 0.305 e. The maximum atomic E-state index is 12.2. The molecule has 6 aliphatic carbocycles. The highest BCUT2D eigenvalue weighted by atomic mass is 16.7. The number of rotatable bonds is 2. The van der Waals surface area contributed by atoms with E-state index in [-0.39, 0.29) is 40.8 Å². The lowest BCUT2D eigenvalue weighted by atomic mass is 9.58. The topological polar surface area (TPSA) is 82.1 Å². The van der Waals surface area contributed by atoms with Crippen LogP contribution in [-0.4, -0.2) is 48.1 Å². The molecule has 1 spiro atoms. The number of carbonyl (C=O) groups is 2. The molecule has 5 fully saturated rings. The first-order chi connectivity index (χ1) is 19.7. The molecule has 1 N–H and O–H groups in total. The SMILES string of the molecule is C/C1=C/CC23CCCC(C2C(=O)CC3)[C@@H](O)C1.CCC(=O)O[C@H]1C/C(C)=C\CC23CCCC1C2C1(CC3)OCCO1. The van der Waals surface area contributed by atoms with E-state index in [2.05, 4.69) is 26.0 Å². The Morgan fingerprint density at radius 1 is 0.927 bits per heavy atom. The van der Waals surface area contributed by atoms with Crippen LogP contribution in [0.3, 0.4) is 0 Å². The van der Waals surface area contributed by atoms with E-state index in [1.165, 1.54) is 43.3 Å². The number of carbonyl (C=O) groups excluding carboxylic acids is 2. The molecule has 4 bridgehead atoms. The van der Waals surface area contributed by atoms with E-state index in [0.29, 0.717) is 37.3 Å². The van der Waals surface area contributed by atoms with Gasteiger partial charge in [0.15, 0.2) is 5.79 Å². The number of allylic oxidation sites excluding steroid dienone is 2. The van der Waals surface area contributed by atoms with Crippen LogP contribution in [0.4, 0.5) is 0 Å². The predicted molar refractivity (Wildman–Crippen MR) is 157 cm³/mol. The van der Waals surface area contributed by atoms with Gasteiger partial charge in [-0.25, -0.2) is 0 Å². The van der Waals surface area contributed by atoms with Crippen molar-refractivity contribution in [3.8, 4) is 0 Å². The number of aliphatic hydroxyl groups excluding tert-OH is 1. The summed E-state index contributed by atoms with van der Waals surface area (Å²) < 4.78 is 18.4. The number of Topliss-reactive ketones (excluding diaryl/α,β-unsaturated/α-hetero) is 1. The molecule has 1 saturated heterocycles. The molecular formula is C35H52O6.